The van der Waals surface area contributed by atoms with E-state index in [0.29, 0.717) is 13.1 Å². The molecule has 1 aliphatic rings. The minimum atomic E-state index is -3.37. The van der Waals surface area contributed by atoms with Crippen LogP contribution >= 0.6 is 0 Å². The van der Waals surface area contributed by atoms with E-state index in [-0.39, 0.29) is 17.9 Å². The molecule has 0 aliphatic carbocycles. The summed E-state index contributed by atoms with van der Waals surface area (Å²) in [6, 6.07) is 3.47. The van der Waals surface area contributed by atoms with Crippen LogP contribution in [0.1, 0.15) is 56.5 Å². The standard InChI is InChI=1S/C19H24F3NO3/c1-12(24)14-6-5-7-15(16(14)20)19(21,22)9-8-13-10-23(11-13)17(25)26-18(2,3)4/h5-7,13H,8-11H2,1-4H3. The average Bonchev–Trinajstić information content (AvgIpc) is 2.43. The lowest BCUT2D eigenvalue weighted by Gasteiger charge is -2.40. The molecule has 26 heavy (non-hydrogen) atoms. The number of hydrogen-bond donors (Lipinski definition) is 0. The number of Topliss-reactive ketones (excluding diaryl/α,β-unsaturated/α-hetero) is 1. The van der Waals surface area contributed by atoms with Gasteiger partial charge in [-0.15, -0.1) is 0 Å². The van der Waals surface area contributed by atoms with Crippen molar-refractivity contribution in [3.8, 4) is 0 Å². The van der Waals surface area contributed by atoms with Crippen LogP contribution in [0.15, 0.2) is 18.2 Å². The molecule has 0 spiro atoms. The van der Waals surface area contributed by atoms with Crippen LogP contribution in [0.3, 0.4) is 0 Å². The Kier molecular flexibility index (Phi) is 5.68. The van der Waals surface area contributed by atoms with E-state index in [1.54, 1.807) is 20.8 Å². The molecule has 1 fully saturated rings. The third kappa shape index (κ3) is 4.77. The highest BCUT2D eigenvalue weighted by molar-refractivity contribution is 5.94. The molecule has 0 radical (unpaired) electrons. The predicted molar refractivity (Wildman–Crippen MR) is 90.8 cm³/mol. The summed E-state index contributed by atoms with van der Waals surface area (Å²) in [6.45, 7) is 7.10. The van der Waals surface area contributed by atoms with Gasteiger partial charge in [0.2, 0.25) is 0 Å². The third-order valence-electron chi connectivity index (χ3n) is 4.25. The number of likely N-dealkylation sites (tertiary alicyclic amines) is 1. The maximum absolute atomic E-state index is 14.4. The van der Waals surface area contributed by atoms with Gasteiger partial charge in [-0.2, -0.15) is 0 Å². The summed E-state index contributed by atoms with van der Waals surface area (Å²) >= 11 is 0. The van der Waals surface area contributed by atoms with Gasteiger partial charge in [-0.1, -0.05) is 12.1 Å². The normalized spacial score (nSPS) is 15.6. The highest BCUT2D eigenvalue weighted by atomic mass is 19.3. The number of carbonyl (C=O) groups is 2. The van der Waals surface area contributed by atoms with Gasteiger partial charge in [-0.25, -0.2) is 18.0 Å². The molecule has 1 aromatic rings. The van der Waals surface area contributed by atoms with E-state index in [1.807, 2.05) is 0 Å². The Morgan fingerprint density at radius 1 is 1.23 bits per heavy atom. The topological polar surface area (TPSA) is 46.6 Å². The minimum absolute atomic E-state index is 0.0764. The van der Waals surface area contributed by atoms with Crippen LogP contribution in [0.2, 0.25) is 0 Å². The lowest BCUT2D eigenvalue weighted by molar-refractivity contribution is -0.0359. The van der Waals surface area contributed by atoms with Gasteiger partial charge in [0.15, 0.2) is 5.78 Å². The van der Waals surface area contributed by atoms with Crippen molar-refractivity contribution in [2.45, 2.75) is 52.1 Å². The number of amides is 1. The van der Waals surface area contributed by atoms with Crippen LogP contribution < -0.4 is 0 Å². The van der Waals surface area contributed by atoms with Gasteiger partial charge in [-0.05, 0) is 46.1 Å². The molecule has 0 atom stereocenters. The summed E-state index contributed by atoms with van der Waals surface area (Å²) in [4.78, 5) is 24.6. The quantitative estimate of drug-likeness (QED) is 0.701. The van der Waals surface area contributed by atoms with Crippen LogP contribution in [0, 0.1) is 11.7 Å². The predicted octanol–water partition coefficient (Wildman–Crippen LogP) is 4.77. The van der Waals surface area contributed by atoms with E-state index in [0.717, 1.165) is 13.0 Å². The molecule has 4 nitrogen and oxygen atoms in total. The molecule has 2 rings (SSSR count). The molecule has 1 saturated heterocycles. The Bertz CT molecular complexity index is 692. The fourth-order valence-electron chi connectivity index (χ4n) is 2.83. The van der Waals surface area contributed by atoms with Gasteiger partial charge in [0.05, 0.1) is 11.1 Å². The van der Waals surface area contributed by atoms with E-state index >= 15 is 0 Å². The molecule has 0 saturated carbocycles. The van der Waals surface area contributed by atoms with Crippen molar-refractivity contribution in [3.05, 3.63) is 35.1 Å². The number of ketones is 1. The molecule has 0 aromatic heterocycles. The second-order valence-corrected chi connectivity index (χ2v) is 7.72. The van der Waals surface area contributed by atoms with Crippen molar-refractivity contribution < 1.29 is 27.5 Å². The molecule has 0 unspecified atom stereocenters. The molecular formula is C19H24F3NO3. The molecule has 0 N–H and O–H groups in total. The Morgan fingerprint density at radius 2 is 1.85 bits per heavy atom. The number of rotatable bonds is 5. The first-order valence-electron chi connectivity index (χ1n) is 8.56. The highest BCUT2D eigenvalue weighted by Gasteiger charge is 2.39. The minimum Gasteiger partial charge on any atom is -0.444 e. The van der Waals surface area contributed by atoms with Crippen LogP contribution in [0.25, 0.3) is 0 Å². The summed E-state index contributed by atoms with van der Waals surface area (Å²) in [5.41, 5.74) is -1.69. The number of ether oxygens (including phenoxy) is 1. The molecule has 1 aliphatic heterocycles. The summed E-state index contributed by atoms with van der Waals surface area (Å²) < 4.78 is 48.2. The van der Waals surface area contributed by atoms with E-state index in [4.69, 9.17) is 4.74 Å². The van der Waals surface area contributed by atoms with Gasteiger partial charge in [-0.3, -0.25) is 4.79 Å². The van der Waals surface area contributed by atoms with Crippen LogP contribution in [-0.2, 0) is 10.7 Å². The van der Waals surface area contributed by atoms with Gasteiger partial charge < -0.3 is 9.64 Å². The second kappa shape index (κ2) is 7.29. The average molecular weight is 371 g/mol. The van der Waals surface area contributed by atoms with E-state index in [1.165, 1.54) is 17.0 Å². The third-order valence-corrected chi connectivity index (χ3v) is 4.25. The first-order valence-corrected chi connectivity index (χ1v) is 8.56. The van der Waals surface area contributed by atoms with Crippen molar-refractivity contribution in [2.75, 3.05) is 13.1 Å². The monoisotopic (exact) mass is 371 g/mol. The largest absolute Gasteiger partial charge is 0.444 e. The molecule has 7 heteroatoms. The maximum atomic E-state index is 14.4. The SMILES string of the molecule is CC(=O)c1cccc(C(F)(F)CCC2CN(C(=O)OC(C)(C)C)C2)c1F. The molecule has 144 valence electrons. The molecule has 0 bridgehead atoms. The molecule has 1 amide bonds. The zero-order valence-corrected chi connectivity index (χ0v) is 15.4. The molecule has 1 aromatic carbocycles. The summed E-state index contributed by atoms with van der Waals surface area (Å²) in [7, 11) is 0. The summed E-state index contributed by atoms with van der Waals surface area (Å²) in [6.07, 6.45) is -0.852. The highest BCUT2D eigenvalue weighted by Crippen LogP contribution is 2.38. The van der Waals surface area contributed by atoms with E-state index in [9.17, 15) is 22.8 Å². The second-order valence-electron chi connectivity index (χ2n) is 7.72. The smallest absolute Gasteiger partial charge is 0.410 e. The first kappa shape index (κ1) is 20.3. The lowest BCUT2D eigenvalue weighted by atomic mass is 9.90. The van der Waals surface area contributed by atoms with Gasteiger partial charge in [0.25, 0.3) is 5.92 Å². The summed E-state index contributed by atoms with van der Waals surface area (Å²) in [5.74, 6) is -5.20. The first-order chi connectivity index (χ1) is 11.9. The van der Waals surface area contributed by atoms with E-state index in [2.05, 4.69) is 0 Å². The Morgan fingerprint density at radius 3 is 2.38 bits per heavy atom. The van der Waals surface area contributed by atoms with Crippen molar-refractivity contribution in [2.24, 2.45) is 5.92 Å². The van der Waals surface area contributed by atoms with Crippen molar-refractivity contribution >= 4 is 11.9 Å². The van der Waals surface area contributed by atoms with Crippen LogP contribution in [0.4, 0.5) is 18.0 Å². The molecular weight excluding hydrogens is 347 g/mol. The fraction of sp³-hybridized carbons (Fsp3) is 0.579. The zero-order chi connectivity index (χ0) is 19.7. The number of nitrogens with zero attached hydrogens (tertiary/aromatic N) is 1. The lowest BCUT2D eigenvalue weighted by Crippen LogP contribution is -2.51. The van der Waals surface area contributed by atoms with Crippen molar-refractivity contribution in [1.29, 1.82) is 0 Å². The maximum Gasteiger partial charge on any atom is 0.410 e. The number of benzene rings is 1. The van der Waals surface area contributed by atoms with Crippen molar-refractivity contribution in [3.63, 3.8) is 0 Å². The fourth-order valence-corrected chi connectivity index (χ4v) is 2.83. The number of halogens is 3. The number of alkyl halides is 2. The number of hydrogen-bond acceptors (Lipinski definition) is 3. The Balaban J connectivity index is 1.92. The van der Waals surface area contributed by atoms with Crippen molar-refractivity contribution in [1.82, 2.24) is 4.90 Å². The van der Waals surface area contributed by atoms with Crippen LogP contribution in [-0.4, -0.2) is 35.5 Å². The Hall–Kier alpha value is -2.05. The summed E-state index contributed by atoms with van der Waals surface area (Å²) in [5, 5.41) is 0. The Labute approximate surface area is 151 Å². The number of carbonyl (C=O) groups excluding carboxylic acids is 2. The van der Waals surface area contributed by atoms with Crippen LogP contribution in [0.5, 0.6) is 0 Å². The molecule has 1 heterocycles. The van der Waals surface area contributed by atoms with Gasteiger partial charge in [0, 0.05) is 19.5 Å². The van der Waals surface area contributed by atoms with E-state index < -0.39 is 41.2 Å². The van der Waals surface area contributed by atoms with Gasteiger partial charge >= 0.3 is 6.09 Å². The van der Waals surface area contributed by atoms with Gasteiger partial charge in [0.1, 0.15) is 11.4 Å². The zero-order valence-electron chi connectivity index (χ0n) is 15.4.